The van der Waals surface area contributed by atoms with Gasteiger partial charge in [-0.25, -0.2) is 0 Å². The molecule has 3 aliphatic rings. The molecule has 1 aromatic carbocycles. The lowest BCUT2D eigenvalue weighted by Crippen LogP contribution is -2.58. The number of nitrogens with one attached hydrogen (secondary N) is 1. The molecule has 15 nitrogen and oxygen atoms in total. The van der Waals surface area contributed by atoms with Gasteiger partial charge in [-0.2, -0.15) is 0 Å². The van der Waals surface area contributed by atoms with Gasteiger partial charge in [-0.15, -0.1) is 12.3 Å². The van der Waals surface area contributed by atoms with Crippen molar-refractivity contribution in [1.29, 1.82) is 0 Å². The van der Waals surface area contributed by atoms with Crippen LogP contribution in [0.5, 0.6) is 0 Å². The van der Waals surface area contributed by atoms with Crippen molar-refractivity contribution in [2.24, 2.45) is 0 Å². The molecule has 0 saturated carbocycles. The number of carbonyl (C=O) groups excluding carboxylic acids is 3. The van der Waals surface area contributed by atoms with Crippen LogP contribution in [0.25, 0.3) is 0 Å². The highest BCUT2D eigenvalue weighted by atomic mass is 16.9. The lowest BCUT2D eigenvalue weighted by molar-refractivity contribution is -0.394. The number of terminal acetylenes is 1. The molecule has 0 aliphatic carbocycles. The van der Waals surface area contributed by atoms with Gasteiger partial charge >= 0.3 is 11.9 Å². The van der Waals surface area contributed by atoms with Crippen LogP contribution in [0.15, 0.2) is 24.3 Å². The fourth-order valence-electron chi connectivity index (χ4n) is 6.77. The topological polar surface area (TPSA) is 147 Å². The van der Waals surface area contributed by atoms with Gasteiger partial charge in [0, 0.05) is 45.6 Å². The number of amides is 1. The van der Waals surface area contributed by atoms with E-state index in [9.17, 15) is 14.4 Å². The molecule has 3 aliphatic heterocycles. The zero-order chi connectivity index (χ0) is 39.6. The lowest BCUT2D eigenvalue weighted by Gasteiger charge is -2.45. The minimum Gasteiger partial charge on any atom is -0.465 e. The summed E-state index contributed by atoms with van der Waals surface area (Å²) >= 11 is 0. The van der Waals surface area contributed by atoms with Crippen LogP contribution >= 0.6 is 0 Å². The summed E-state index contributed by atoms with van der Waals surface area (Å²) in [6.07, 6.45) is 7.35. The summed E-state index contributed by atoms with van der Waals surface area (Å²) in [4.78, 5) is 43.3. The Morgan fingerprint density at radius 1 is 0.764 bits per heavy atom. The van der Waals surface area contributed by atoms with Crippen LogP contribution in [0.3, 0.4) is 0 Å². The summed E-state index contributed by atoms with van der Waals surface area (Å²) in [6.45, 7) is 13.4. The first kappa shape index (κ1) is 44.5. The maximum atomic E-state index is 12.6. The quantitative estimate of drug-likeness (QED) is 0.103. The van der Waals surface area contributed by atoms with Crippen molar-refractivity contribution < 1.29 is 52.3 Å². The number of hydrogen-bond acceptors (Lipinski definition) is 14. The zero-order valence-electron chi connectivity index (χ0n) is 33.3. The predicted molar refractivity (Wildman–Crippen MR) is 202 cm³/mol. The Labute approximate surface area is 326 Å². The van der Waals surface area contributed by atoms with Crippen molar-refractivity contribution in [3.05, 3.63) is 35.4 Å². The van der Waals surface area contributed by atoms with Crippen LogP contribution in [0.1, 0.15) is 71.4 Å². The monoisotopic (exact) mass is 774 g/mol. The van der Waals surface area contributed by atoms with E-state index in [0.29, 0.717) is 58.7 Å². The average molecular weight is 775 g/mol. The zero-order valence-corrected chi connectivity index (χ0v) is 33.3. The van der Waals surface area contributed by atoms with Gasteiger partial charge in [0.25, 0.3) is 0 Å². The molecule has 4 rings (SSSR count). The molecule has 1 atom stereocenters. The average Bonchev–Trinajstić information content (AvgIpc) is 3.11. The molecule has 0 bridgehead atoms. The van der Waals surface area contributed by atoms with Crippen LogP contribution in [0.4, 0.5) is 0 Å². The van der Waals surface area contributed by atoms with Gasteiger partial charge in [-0.05, 0) is 71.4 Å². The Morgan fingerprint density at radius 3 is 1.76 bits per heavy atom. The van der Waals surface area contributed by atoms with E-state index in [1.165, 1.54) is 5.56 Å². The van der Waals surface area contributed by atoms with Crippen LogP contribution in [-0.4, -0.2) is 148 Å². The normalized spacial score (nSPS) is 23.7. The second kappa shape index (κ2) is 23.8. The molecule has 0 radical (unpaired) electrons. The molecular weight excluding hydrogens is 712 g/mol. The number of nitrogens with zero attached hydrogens (tertiary/aromatic N) is 3. The summed E-state index contributed by atoms with van der Waals surface area (Å²) in [6, 6.07) is 8.37. The maximum absolute atomic E-state index is 12.6. The van der Waals surface area contributed by atoms with Crippen LogP contribution < -0.4 is 5.32 Å². The number of hydrogen-bond donors (Lipinski definition) is 1. The van der Waals surface area contributed by atoms with E-state index in [-0.39, 0.29) is 69.7 Å². The fraction of sp³-hybridized carbons (Fsp3) is 0.725. The third-order valence-corrected chi connectivity index (χ3v) is 9.57. The van der Waals surface area contributed by atoms with Crippen LogP contribution in [0.2, 0.25) is 0 Å². The Balaban J connectivity index is 1.43. The molecule has 55 heavy (non-hydrogen) atoms. The fourth-order valence-corrected chi connectivity index (χ4v) is 6.77. The van der Waals surface area contributed by atoms with Gasteiger partial charge in [0.05, 0.1) is 45.4 Å². The van der Waals surface area contributed by atoms with Crippen LogP contribution in [0, 0.1) is 12.3 Å². The second-order valence-electron chi connectivity index (χ2n) is 13.9. The third-order valence-electron chi connectivity index (χ3n) is 9.57. The Hall–Kier alpha value is -3.17. The van der Waals surface area contributed by atoms with E-state index < -0.39 is 18.2 Å². The number of carbonyl (C=O) groups is 3. The standard InChI is InChI=1S/C40H62N4O11/c1-7-10-14-35(45)41-20-19-33-17-15-32(16-18-33)12-11-13-34(40-54-31(6)55-40)44(23-21-42(25-36(46)48-8-2)26-37(47)49-9-3)24-22-43(27-38-50-29(4)51-38)28-39-52-30(5)53-39/h1,15-18,29-31,34,38-40H,8-14,19-28H2,2-6H3,(H,41,45). The van der Waals surface area contributed by atoms with Crippen molar-refractivity contribution in [3.63, 3.8) is 0 Å². The first-order valence-electron chi connectivity index (χ1n) is 19.8. The van der Waals surface area contributed by atoms with E-state index in [1.54, 1.807) is 18.7 Å². The van der Waals surface area contributed by atoms with Gasteiger partial charge in [0.1, 0.15) is 0 Å². The van der Waals surface area contributed by atoms with E-state index in [1.807, 2.05) is 20.8 Å². The minimum atomic E-state index is -0.441. The first-order chi connectivity index (χ1) is 26.5. The van der Waals surface area contributed by atoms with Gasteiger partial charge in [-0.3, -0.25) is 29.1 Å². The third kappa shape index (κ3) is 16.1. The van der Waals surface area contributed by atoms with Crippen molar-refractivity contribution in [3.8, 4) is 12.3 Å². The smallest absolute Gasteiger partial charge is 0.320 e. The molecular formula is C40H62N4O11. The number of rotatable bonds is 27. The van der Waals surface area contributed by atoms with Crippen molar-refractivity contribution in [2.45, 2.75) is 117 Å². The SMILES string of the molecule is C#CCCC(=O)NCCc1ccc(CCCC(C2OC(C)O2)N(CCN(CC(=O)OCC)CC(=O)OCC)CCN(CC2OC(C)O2)CC2OC(C)O2)cc1. The second-order valence-corrected chi connectivity index (χ2v) is 13.9. The minimum absolute atomic E-state index is 0.0301. The highest BCUT2D eigenvalue weighted by Gasteiger charge is 2.39. The van der Waals surface area contributed by atoms with Crippen molar-refractivity contribution in [2.75, 3.05) is 72.1 Å². The molecule has 0 spiro atoms. The van der Waals surface area contributed by atoms with Gasteiger partial charge in [-0.1, -0.05) is 24.3 Å². The number of ether oxygens (including phenoxy) is 8. The summed E-state index contributed by atoms with van der Waals surface area (Å²) in [5.41, 5.74) is 2.36. The van der Waals surface area contributed by atoms with E-state index in [0.717, 1.165) is 31.2 Å². The molecule has 15 heteroatoms. The molecule has 1 amide bonds. The van der Waals surface area contributed by atoms with Crippen LogP contribution in [-0.2, 0) is 65.1 Å². The summed E-state index contributed by atoms with van der Waals surface area (Å²) in [7, 11) is 0. The molecule has 308 valence electrons. The summed E-state index contributed by atoms with van der Waals surface area (Å²) in [5.74, 6) is 1.66. The van der Waals surface area contributed by atoms with E-state index >= 15 is 0 Å². The highest BCUT2D eigenvalue weighted by Crippen LogP contribution is 2.27. The first-order valence-corrected chi connectivity index (χ1v) is 19.8. The number of benzene rings is 1. The van der Waals surface area contributed by atoms with Crippen molar-refractivity contribution in [1.82, 2.24) is 20.0 Å². The molecule has 0 aromatic heterocycles. The molecule has 3 saturated heterocycles. The van der Waals surface area contributed by atoms with Gasteiger partial charge in [0.15, 0.2) is 37.7 Å². The summed E-state index contributed by atoms with van der Waals surface area (Å²) < 4.78 is 45.8. The van der Waals surface area contributed by atoms with E-state index in [2.05, 4.69) is 45.3 Å². The Morgan fingerprint density at radius 2 is 1.27 bits per heavy atom. The molecule has 3 heterocycles. The lowest BCUT2D eigenvalue weighted by atomic mass is 10.0. The predicted octanol–water partition coefficient (Wildman–Crippen LogP) is 2.64. The van der Waals surface area contributed by atoms with E-state index in [4.69, 9.17) is 44.3 Å². The highest BCUT2D eigenvalue weighted by molar-refractivity contribution is 5.76. The molecule has 1 aromatic rings. The summed E-state index contributed by atoms with van der Waals surface area (Å²) in [5, 5.41) is 2.92. The molecule has 1 unspecified atom stereocenters. The number of esters is 2. The number of aryl methyl sites for hydroxylation is 1. The molecule has 3 fully saturated rings. The van der Waals surface area contributed by atoms with Crippen molar-refractivity contribution >= 4 is 17.8 Å². The molecule has 1 N–H and O–H groups in total. The largest absolute Gasteiger partial charge is 0.465 e. The van der Waals surface area contributed by atoms with Gasteiger partial charge < -0.3 is 43.2 Å². The maximum Gasteiger partial charge on any atom is 0.320 e. The Kier molecular flexibility index (Phi) is 19.3. The Bertz CT molecular complexity index is 1300. The van der Waals surface area contributed by atoms with Gasteiger partial charge in [0.2, 0.25) is 5.91 Å².